The molecule has 1 aromatic rings. The van der Waals surface area contributed by atoms with E-state index in [-0.39, 0.29) is 0 Å². The third kappa shape index (κ3) is 2.98. The smallest absolute Gasteiger partial charge is 0.110 e. The Morgan fingerprint density at radius 1 is 1.36 bits per heavy atom. The normalized spacial score (nSPS) is 15.1. The predicted octanol–water partition coefficient (Wildman–Crippen LogP) is 2.58. The van der Waals surface area contributed by atoms with Crippen molar-refractivity contribution >= 4 is 11.6 Å². The van der Waals surface area contributed by atoms with E-state index in [0.717, 1.165) is 5.56 Å². The van der Waals surface area contributed by atoms with Gasteiger partial charge in [-0.15, -0.1) is 0 Å². The van der Waals surface area contributed by atoms with E-state index in [1.165, 1.54) is 0 Å². The van der Waals surface area contributed by atoms with Gasteiger partial charge in [-0.1, -0.05) is 23.7 Å². The van der Waals surface area contributed by atoms with Crippen LogP contribution in [0.3, 0.4) is 0 Å². The van der Waals surface area contributed by atoms with Crippen LogP contribution >= 0.6 is 11.6 Å². The molecule has 2 nitrogen and oxygen atoms in total. The Morgan fingerprint density at radius 3 is 2.43 bits per heavy atom. The fraction of sp³-hybridized carbons (Fsp3) is 0.455. The zero-order valence-electron chi connectivity index (χ0n) is 8.46. The van der Waals surface area contributed by atoms with Gasteiger partial charge in [-0.05, 0) is 31.5 Å². The lowest BCUT2D eigenvalue weighted by atomic mass is 9.97. The maximum Gasteiger partial charge on any atom is 0.110 e. The van der Waals surface area contributed by atoms with Crippen LogP contribution in [-0.4, -0.2) is 18.3 Å². The van der Waals surface area contributed by atoms with Crippen LogP contribution in [-0.2, 0) is 10.3 Å². The van der Waals surface area contributed by atoms with Crippen molar-refractivity contribution < 1.29 is 9.84 Å². The van der Waals surface area contributed by atoms with E-state index in [2.05, 4.69) is 0 Å². The maximum absolute atomic E-state index is 10.0. The van der Waals surface area contributed by atoms with Crippen LogP contribution in [0, 0.1) is 0 Å². The average Bonchev–Trinajstić information content (AvgIpc) is 2.16. The second-order valence-electron chi connectivity index (χ2n) is 3.42. The molecule has 3 heteroatoms. The van der Waals surface area contributed by atoms with E-state index in [0.29, 0.717) is 18.2 Å². The molecule has 1 atom stereocenters. The molecule has 0 saturated carbocycles. The molecule has 0 radical (unpaired) electrons. The van der Waals surface area contributed by atoms with E-state index in [1.54, 1.807) is 31.2 Å². The van der Waals surface area contributed by atoms with Crippen LogP contribution < -0.4 is 0 Å². The van der Waals surface area contributed by atoms with Crippen molar-refractivity contribution in [2.75, 3.05) is 13.2 Å². The lowest BCUT2D eigenvalue weighted by Crippen LogP contribution is -2.27. The third-order valence-corrected chi connectivity index (χ3v) is 2.31. The summed E-state index contributed by atoms with van der Waals surface area (Å²) in [6.45, 7) is 4.53. The van der Waals surface area contributed by atoms with Crippen molar-refractivity contribution in [1.29, 1.82) is 0 Å². The molecule has 0 amide bonds. The summed E-state index contributed by atoms with van der Waals surface area (Å²) in [4.78, 5) is 0. The number of hydrogen-bond acceptors (Lipinski definition) is 2. The summed E-state index contributed by atoms with van der Waals surface area (Å²) in [5.41, 5.74) is -0.129. The highest BCUT2D eigenvalue weighted by Gasteiger charge is 2.22. The summed E-state index contributed by atoms with van der Waals surface area (Å²) < 4.78 is 5.20. The van der Waals surface area contributed by atoms with Crippen molar-refractivity contribution in [2.45, 2.75) is 19.4 Å². The minimum atomic E-state index is -0.944. The van der Waals surface area contributed by atoms with Crippen LogP contribution in [0.4, 0.5) is 0 Å². The Labute approximate surface area is 89.5 Å². The first kappa shape index (κ1) is 11.5. The number of hydrogen-bond donors (Lipinski definition) is 1. The number of rotatable bonds is 4. The molecule has 0 aliphatic rings. The first-order chi connectivity index (χ1) is 6.56. The van der Waals surface area contributed by atoms with Gasteiger partial charge in [0.25, 0.3) is 0 Å². The minimum absolute atomic E-state index is 0.297. The van der Waals surface area contributed by atoms with E-state index in [1.807, 2.05) is 6.92 Å². The van der Waals surface area contributed by atoms with Gasteiger partial charge >= 0.3 is 0 Å². The van der Waals surface area contributed by atoms with Crippen molar-refractivity contribution in [3.05, 3.63) is 34.9 Å². The summed E-state index contributed by atoms with van der Waals surface area (Å²) in [6.07, 6.45) is 0. The van der Waals surface area contributed by atoms with Gasteiger partial charge in [-0.25, -0.2) is 0 Å². The topological polar surface area (TPSA) is 29.5 Å². The largest absolute Gasteiger partial charge is 0.383 e. The highest BCUT2D eigenvalue weighted by molar-refractivity contribution is 6.30. The number of aliphatic hydroxyl groups is 1. The lowest BCUT2D eigenvalue weighted by Gasteiger charge is -2.23. The monoisotopic (exact) mass is 214 g/mol. The van der Waals surface area contributed by atoms with E-state index >= 15 is 0 Å². The zero-order valence-corrected chi connectivity index (χ0v) is 9.21. The van der Waals surface area contributed by atoms with Gasteiger partial charge in [0.2, 0.25) is 0 Å². The van der Waals surface area contributed by atoms with Gasteiger partial charge in [-0.2, -0.15) is 0 Å². The molecule has 0 saturated heterocycles. The maximum atomic E-state index is 10.0. The van der Waals surface area contributed by atoms with Crippen LogP contribution in [0.15, 0.2) is 24.3 Å². The molecule has 0 spiro atoms. The van der Waals surface area contributed by atoms with Crippen LogP contribution in [0.5, 0.6) is 0 Å². The number of halogens is 1. The highest BCUT2D eigenvalue weighted by Crippen LogP contribution is 2.22. The molecule has 0 aromatic heterocycles. The molecule has 14 heavy (non-hydrogen) atoms. The zero-order chi connectivity index (χ0) is 10.6. The first-order valence-corrected chi connectivity index (χ1v) is 5.00. The molecule has 1 unspecified atom stereocenters. The molecular formula is C11H15ClO2. The fourth-order valence-electron chi connectivity index (χ4n) is 1.19. The van der Waals surface area contributed by atoms with Gasteiger partial charge in [0.15, 0.2) is 0 Å². The molecule has 1 aromatic carbocycles. The Morgan fingerprint density at radius 2 is 1.93 bits per heavy atom. The quantitative estimate of drug-likeness (QED) is 0.835. The van der Waals surface area contributed by atoms with E-state index in [4.69, 9.17) is 16.3 Å². The third-order valence-electron chi connectivity index (χ3n) is 2.05. The second kappa shape index (κ2) is 4.78. The molecule has 1 N–H and O–H groups in total. The van der Waals surface area contributed by atoms with Crippen molar-refractivity contribution in [3.63, 3.8) is 0 Å². The van der Waals surface area contributed by atoms with Gasteiger partial charge in [0, 0.05) is 11.6 Å². The van der Waals surface area contributed by atoms with Crippen molar-refractivity contribution in [2.24, 2.45) is 0 Å². The number of benzene rings is 1. The van der Waals surface area contributed by atoms with E-state index < -0.39 is 5.60 Å². The highest BCUT2D eigenvalue weighted by atomic mass is 35.5. The molecule has 0 aliphatic heterocycles. The summed E-state index contributed by atoms with van der Waals surface area (Å²) in [7, 11) is 0. The summed E-state index contributed by atoms with van der Waals surface area (Å²) in [5, 5.41) is 10.7. The Hall–Kier alpha value is -0.570. The first-order valence-electron chi connectivity index (χ1n) is 4.62. The van der Waals surface area contributed by atoms with E-state index in [9.17, 15) is 5.11 Å². The Balaban J connectivity index is 2.75. The van der Waals surface area contributed by atoms with Crippen LogP contribution in [0.25, 0.3) is 0 Å². The van der Waals surface area contributed by atoms with Gasteiger partial charge < -0.3 is 9.84 Å². The minimum Gasteiger partial charge on any atom is -0.383 e. The summed E-state index contributed by atoms with van der Waals surface area (Å²) in [6, 6.07) is 7.14. The van der Waals surface area contributed by atoms with Crippen molar-refractivity contribution in [1.82, 2.24) is 0 Å². The molecule has 0 aliphatic carbocycles. The van der Waals surface area contributed by atoms with Crippen LogP contribution in [0.2, 0.25) is 5.02 Å². The fourth-order valence-corrected chi connectivity index (χ4v) is 1.32. The summed E-state index contributed by atoms with van der Waals surface area (Å²) >= 11 is 5.75. The SMILES string of the molecule is CCOCC(C)(O)c1ccc(Cl)cc1. The second-order valence-corrected chi connectivity index (χ2v) is 3.85. The van der Waals surface area contributed by atoms with Gasteiger partial charge in [0.05, 0.1) is 6.61 Å². The molecule has 1 rings (SSSR count). The Kier molecular flexibility index (Phi) is 3.93. The van der Waals surface area contributed by atoms with Gasteiger partial charge in [0.1, 0.15) is 5.60 Å². The molecule has 0 fully saturated rings. The lowest BCUT2D eigenvalue weighted by molar-refractivity contribution is -0.0343. The van der Waals surface area contributed by atoms with Crippen molar-refractivity contribution in [3.8, 4) is 0 Å². The average molecular weight is 215 g/mol. The number of ether oxygens (including phenoxy) is 1. The van der Waals surface area contributed by atoms with Gasteiger partial charge in [-0.3, -0.25) is 0 Å². The predicted molar refractivity (Wildman–Crippen MR) is 57.5 cm³/mol. The molecular weight excluding hydrogens is 200 g/mol. The molecule has 0 heterocycles. The molecule has 0 bridgehead atoms. The van der Waals surface area contributed by atoms with Crippen LogP contribution in [0.1, 0.15) is 19.4 Å². The standard InChI is InChI=1S/C11H15ClO2/c1-3-14-8-11(2,13)9-4-6-10(12)7-5-9/h4-7,13H,3,8H2,1-2H3. The summed E-state index contributed by atoms with van der Waals surface area (Å²) in [5.74, 6) is 0. The Bertz CT molecular complexity index is 280. The molecule has 78 valence electrons.